The van der Waals surface area contributed by atoms with E-state index >= 15 is 0 Å². The number of rotatable bonds is 3. The molecule has 0 saturated carbocycles. The van der Waals surface area contributed by atoms with Crippen molar-refractivity contribution in [3.8, 4) is 0 Å². The van der Waals surface area contributed by atoms with Crippen LogP contribution in [-0.2, 0) is 6.42 Å². The maximum Gasteiger partial charge on any atom is 0.147 e. The van der Waals surface area contributed by atoms with Crippen molar-refractivity contribution in [2.45, 2.75) is 19.5 Å². The summed E-state index contributed by atoms with van der Waals surface area (Å²) >= 11 is 1.45. The fourth-order valence-corrected chi connectivity index (χ4v) is 2.01. The number of aryl methyl sites for hydroxylation is 1. The highest BCUT2D eigenvalue weighted by Gasteiger charge is 2.12. The molecule has 1 aromatic rings. The molecule has 0 saturated heterocycles. The third kappa shape index (κ3) is 1.79. The fraction of sp³-hybridized carbons (Fsp3) is 0.500. The standard InChI is InChI=1S/C8H12FNS/c1-2-6-3-4-11-8(6)7(9)5-10/h3-4,7H,2,5,10H2,1H3. The van der Waals surface area contributed by atoms with Crippen LogP contribution in [0.2, 0.25) is 0 Å². The lowest BCUT2D eigenvalue weighted by Crippen LogP contribution is -2.07. The number of hydrogen-bond donors (Lipinski definition) is 1. The number of hydrogen-bond acceptors (Lipinski definition) is 2. The fourth-order valence-electron chi connectivity index (χ4n) is 1.02. The van der Waals surface area contributed by atoms with Gasteiger partial charge in [0.25, 0.3) is 0 Å². The minimum Gasteiger partial charge on any atom is -0.327 e. The van der Waals surface area contributed by atoms with Crippen molar-refractivity contribution in [1.29, 1.82) is 0 Å². The van der Waals surface area contributed by atoms with Crippen molar-refractivity contribution in [2.24, 2.45) is 5.73 Å². The molecule has 3 heteroatoms. The zero-order valence-electron chi connectivity index (χ0n) is 6.51. The van der Waals surface area contributed by atoms with Gasteiger partial charge in [-0.1, -0.05) is 6.92 Å². The first-order valence-electron chi connectivity index (χ1n) is 3.70. The minimum absolute atomic E-state index is 0.0908. The van der Waals surface area contributed by atoms with Crippen molar-refractivity contribution in [3.63, 3.8) is 0 Å². The van der Waals surface area contributed by atoms with Gasteiger partial charge in [-0.2, -0.15) is 0 Å². The second kappa shape index (κ2) is 3.83. The van der Waals surface area contributed by atoms with Crippen LogP contribution >= 0.6 is 11.3 Å². The first-order chi connectivity index (χ1) is 5.29. The summed E-state index contributed by atoms with van der Waals surface area (Å²) in [5, 5.41) is 1.91. The van der Waals surface area contributed by atoms with E-state index in [9.17, 15) is 4.39 Å². The summed E-state index contributed by atoms with van der Waals surface area (Å²) < 4.78 is 13.0. The molecule has 2 N–H and O–H groups in total. The van der Waals surface area contributed by atoms with Crippen LogP contribution in [0.4, 0.5) is 4.39 Å². The SMILES string of the molecule is CCc1ccsc1C(F)CN. The molecule has 1 aromatic heterocycles. The second-order valence-electron chi connectivity index (χ2n) is 2.37. The second-order valence-corrected chi connectivity index (χ2v) is 3.31. The molecule has 0 bridgehead atoms. The van der Waals surface area contributed by atoms with Gasteiger partial charge in [-0.05, 0) is 23.4 Å². The monoisotopic (exact) mass is 173 g/mol. The Bertz CT molecular complexity index is 222. The van der Waals surface area contributed by atoms with E-state index in [-0.39, 0.29) is 6.54 Å². The molecule has 62 valence electrons. The Balaban J connectivity index is 2.83. The molecule has 0 aromatic carbocycles. The lowest BCUT2D eigenvalue weighted by Gasteiger charge is -2.03. The van der Waals surface area contributed by atoms with Gasteiger partial charge in [-0.25, -0.2) is 4.39 Å². The van der Waals surface area contributed by atoms with Gasteiger partial charge >= 0.3 is 0 Å². The number of thiophene rings is 1. The van der Waals surface area contributed by atoms with Crippen LogP contribution in [0.3, 0.4) is 0 Å². The van der Waals surface area contributed by atoms with Crippen molar-refractivity contribution >= 4 is 11.3 Å². The van der Waals surface area contributed by atoms with Crippen LogP contribution in [0, 0.1) is 0 Å². The minimum atomic E-state index is -0.968. The molecule has 0 aliphatic heterocycles. The van der Waals surface area contributed by atoms with Gasteiger partial charge in [-0.3, -0.25) is 0 Å². The molecule has 1 nitrogen and oxygen atoms in total. The first-order valence-corrected chi connectivity index (χ1v) is 4.58. The molecule has 1 rings (SSSR count). The van der Waals surface area contributed by atoms with E-state index in [4.69, 9.17) is 5.73 Å². The van der Waals surface area contributed by atoms with Crippen LogP contribution in [0.5, 0.6) is 0 Å². The highest BCUT2D eigenvalue weighted by Crippen LogP contribution is 2.26. The average molecular weight is 173 g/mol. The molecule has 0 aliphatic rings. The van der Waals surface area contributed by atoms with Gasteiger partial charge in [0, 0.05) is 11.4 Å². The Morgan fingerprint density at radius 1 is 1.73 bits per heavy atom. The molecule has 0 aliphatic carbocycles. The predicted octanol–water partition coefficient (Wildman–Crippen LogP) is 2.28. The number of halogens is 1. The maximum absolute atomic E-state index is 13.0. The number of nitrogens with two attached hydrogens (primary N) is 1. The van der Waals surface area contributed by atoms with E-state index in [1.54, 1.807) is 0 Å². The van der Waals surface area contributed by atoms with Gasteiger partial charge < -0.3 is 5.73 Å². The van der Waals surface area contributed by atoms with E-state index in [1.807, 2.05) is 18.4 Å². The summed E-state index contributed by atoms with van der Waals surface area (Å²) in [5.41, 5.74) is 6.31. The van der Waals surface area contributed by atoms with Gasteiger partial charge in [0.1, 0.15) is 6.17 Å². The molecule has 0 fully saturated rings. The molecular weight excluding hydrogens is 161 g/mol. The summed E-state index contributed by atoms with van der Waals surface area (Å²) in [4.78, 5) is 0.801. The van der Waals surface area contributed by atoms with Gasteiger partial charge in [0.2, 0.25) is 0 Å². The molecule has 0 radical (unpaired) electrons. The van der Waals surface area contributed by atoms with E-state index in [2.05, 4.69) is 0 Å². The largest absolute Gasteiger partial charge is 0.327 e. The normalized spacial score (nSPS) is 13.4. The first kappa shape index (κ1) is 8.68. The van der Waals surface area contributed by atoms with Crippen molar-refractivity contribution in [2.75, 3.05) is 6.54 Å². The zero-order valence-corrected chi connectivity index (χ0v) is 7.33. The molecular formula is C8H12FNS. The third-order valence-corrected chi connectivity index (χ3v) is 2.70. The van der Waals surface area contributed by atoms with E-state index < -0.39 is 6.17 Å². The Labute approximate surface area is 70.0 Å². The van der Waals surface area contributed by atoms with Gasteiger partial charge in [0.05, 0.1) is 0 Å². The highest BCUT2D eigenvalue weighted by molar-refractivity contribution is 7.10. The molecule has 1 atom stereocenters. The van der Waals surface area contributed by atoms with Gasteiger partial charge in [0.15, 0.2) is 0 Å². The third-order valence-electron chi connectivity index (χ3n) is 1.65. The van der Waals surface area contributed by atoms with Crippen molar-refractivity contribution < 1.29 is 4.39 Å². The number of alkyl halides is 1. The van der Waals surface area contributed by atoms with Crippen LogP contribution in [0.1, 0.15) is 23.5 Å². The van der Waals surface area contributed by atoms with Crippen LogP contribution in [0.15, 0.2) is 11.4 Å². The van der Waals surface area contributed by atoms with Crippen LogP contribution in [-0.4, -0.2) is 6.54 Å². The average Bonchev–Trinajstić information content (AvgIpc) is 2.50. The highest BCUT2D eigenvalue weighted by atomic mass is 32.1. The Kier molecular flexibility index (Phi) is 3.02. The molecule has 1 heterocycles. The predicted molar refractivity (Wildman–Crippen MR) is 46.6 cm³/mol. The maximum atomic E-state index is 13.0. The van der Waals surface area contributed by atoms with Gasteiger partial charge in [-0.15, -0.1) is 11.3 Å². The van der Waals surface area contributed by atoms with E-state index in [0.717, 1.165) is 16.9 Å². The quantitative estimate of drug-likeness (QED) is 0.745. The Morgan fingerprint density at radius 3 is 3.00 bits per heavy atom. The smallest absolute Gasteiger partial charge is 0.147 e. The van der Waals surface area contributed by atoms with E-state index in [0.29, 0.717) is 0 Å². The summed E-state index contributed by atoms with van der Waals surface area (Å²) in [6.45, 7) is 2.11. The molecule has 1 unspecified atom stereocenters. The lowest BCUT2D eigenvalue weighted by atomic mass is 10.1. The van der Waals surface area contributed by atoms with Crippen LogP contribution in [0.25, 0.3) is 0 Å². The Hall–Kier alpha value is -0.410. The molecule has 11 heavy (non-hydrogen) atoms. The molecule has 0 amide bonds. The zero-order chi connectivity index (χ0) is 8.27. The summed E-state index contributed by atoms with van der Waals surface area (Å²) in [6.07, 6.45) is -0.0795. The van der Waals surface area contributed by atoms with E-state index in [1.165, 1.54) is 11.3 Å². The summed E-state index contributed by atoms with van der Waals surface area (Å²) in [5.74, 6) is 0. The van der Waals surface area contributed by atoms with Crippen LogP contribution < -0.4 is 5.73 Å². The molecule has 0 spiro atoms. The Morgan fingerprint density at radius 2 is 2.45 bits per heavy atom. The summed E-state index contributed by atoms with van der Waals surface area (Å²) in [6, 6.07) is 1.96. The lowest BCUT2D eigenvalue weighted by molar-refractivity contribution is 0.357. The van der Waals surface area contributed by atoms with Crippen molar-refractivity contribution in [3.05, 3.63) is 21.9 Å². The van der Waals surface area contributed by atoms with Crippen molar-refractivity contribution in [1.82, 2.24) is 0 Å². The topological polar surface area (TPSA) is 26.0 Å². The summed E-state index contributed by atoms with van der Waals surface area (Å²) in [7, 11) is 0.